The van der Waals surface area contributed by atoms with Gasteiger partial charge in [-0.15, -0.1) is 0 Å². The van der Waals surface area contributed by atoms with E-state index in [0.717, 1.165) is 0 Å². The summed E-state index contributed by atoms with van der Waals surface area (Å²) in [5.41, 5.74) is 4.15. The first kappa shape index (κ1) is 26.3. The predicted octanol–water partition coefficient (Wildman–Crippen LogP) is 3.71. The molecule has 0 aliphatic carbocycles. The van der Waals surface area contributed by atoms with E-state index in [1.54, 1.807) is 48.5 Å². The average molecular weight is 413 g/mol. The molecule has 0 aliphatic rings. The molecule has 10 heteroatoms. The van der Waals surface area contributed by atoms with E-state index in [9.17, 15) is 22.8 Å². The molecule has 2 unspecified atom stereocenters. The van der Waals surface area contributed by atoms with Crippen LogP contribution in [0.15, 0.2) is 0 Å². The maximum absolute atomic E-state index is 12.9. The van der Waals surface area contributed by atoms with Crippen molar-refractivity contribution in [3.63, 3.8) is 0 Å². The first-order valence-electron chi connectivity index (χ1n) is 9.17. The van der Waals surface area contributed by atoms with E-state index < -0.39 is 54.0 Å². The molecule has 7 nitrogen and oxygen atoms in total. The van der Waals surface area contributed by atoms with Crippen molar-refractivity contribution in [2.24, 2.45) is 11.7 Å². The zero-order chi connectivity index (χ0) is 22.3. The fourth-order valence-corrected chi connectivity index (χ4v) is 2.43. The van der Waals surface area contributed by atoms with Crippen LogP contribution in [-0.2, 0) is 9.47 Å². The highest BCUT2D eigenvalue weighted by atomic mass is 19.4. The Kier molecular flexibility index (Phi) is 9.56. The highest BCUT2D eigenvalue weighted by Crippen LogP contribution is 2.25. The van der Waals surface area contributed by atoms with Crippen molar-refractivity contribution in [3.05, 3.63) is 0 Å². The average Bonchev–Trinajstić information content (AvgIpc) is 2.37. The lowest BCUT2D eigenvalue weighted by Crippen LogP contribution is -2.48. The Balaban J connectivity index is 5.07. The molecule has 0 aliphatic heterocycles. The van der Waals surface area contributed by atoms with Crippen molar-refractivity contribution in [3.8, 4) is 0 Å². The molecule has 4 N–H and O–H groups in total. The summed E-state index contributed by atoms with van der Waals surface area (Å²) in [6.45, 7) is 11.6. The summed E-state index contributed by atoms with van der Waals surface area (Å²) in [6.07, 6.45) is -7.44. The topological polar surface area (TPSA) is 103 Å². The quantitative estimate of drug-likeness (QED) is 0.590. The second kappa shape index (κ2) is 10.2. The van der Waals surface area contributed by atoms with Crippen LogP contribution in [0.25, 0.3) is 0 Å². The molecule has 0 fully saturated rings. The Labute approximate surface area is 164 Å². The van der Waals surface area contributed by atoms with Crippen molar-refractivity contribution in [2.75, 3.05) is 6.54 Å². The standard InChI is InChI=1S/C18H34F3N3O4/c1-11(23-14(25)27-16(2,3)4)12(10-22)8-13(9-18(19,20)21)24-15(26)28-17(5,6)7/h11-13H,8-10,22H2,1-7H3,(H,23,25)(H,24,26)/t11-,12?,13?/m1/s1. The zero-order valence-electron chi connectivity index (χ0n) is 17.7. The van der Waals surface area contributed by atoms with Crippen LogP contribution in [0.1, 0.15) is 61.3 Å². The van der Waals surface area contributed by atoms with Gasteiger partial charge in [-0.25, -0.2) is 9.59 Å². The number of nitrogens with one attached hydrogen (secondary N) is 2. The number of amides is 2. The Morgan fingerprint density at radius 1 is 0.929 bits per heavy atom. The molecule has 28 heavy (non-hydrogen) atoms. The molecule has 166 valence electrons. The number of rotatable bonds is 7. The molecule has 2 amide bonds. The summed E-state index contributed by atoms with van der Waals surface area (Å²) in [6, 6.07) is -1.80. The molecule has 0 radical (unpaired) electrons. The summed E-state index contributed by atoms with van der Waals surface area (Å²) < 4.78 is 49.0. The molecule has 0 heterocycles. The maximum atomic E-state index is 12.9. The largest absolute Gasteiger partial charge is 0.444 e. The molecule has 0 aromatic heterocycles. The molecule has 0 aromatic rings. The lowest BCUT2D eigenvalue weighted by atomic mass is 9.92. The smallest absolute Gasteiger partial charge is 0.407 e. The highest BCUT2D eigenvalue weighted by molar-refractivity contribution is 5.68. The molecule has 0 spiro atoms. The van der Waals surface area contributed by atoms with Crippen LogP contribution < -0.4 is 16.4 Å². The zero-order valence-corrected chi connectivity index (χ0v) is 17.7. The van der Waals surface area contributed by atoms with E-state index >= 15 is 0 Å². The van der Waals surface area contributed by atoms with Crippen molar-refractivity contribution < 1.29 is 32.2 Å². The van der Waals surface area contributed by atoms with Crippen molar-refractivity contribution in [1.82, 2.24) is 10.6 Å². The first-order valence-corrected chi connectivity index (χ1v) is 9.17. The van der Waals surface area contributed by atoms with Crippen molar-refractivity contribution >= 4 is 12.2 Å². The predicted molar refractivity (Wildman–Crippen MR) is 99.8 cm³/mol. The van der Waals surface area contributed by atoms with Gasteiger partial charge < -0.3 is 25.8 Å². The van der Waals surface area contributed by atoms with Crippen molar-refractivity contribution in [1.29, 1.82) is 0 Å². The van der Waals surface area contributed by atoms with Crippen LogP contribution >= 0.6 is 0 Å². The Hall–Kier alpha value is -1.71. The van der Waals surface area contributed by atoms with Gasteiger partial charge in [0.15, 0.2) is 0 Å². The van der Waals surface area contributed by atoms with Gasteiger partial charge in [-0.1, -0.05) is 0 Å². The lowest BCUT2D eigenvalue weighted by molar-refractivity contribution is -0.140. The highest BCUT2D eigenvalue weighted by Gasteiger charge is 2.35. The number of alkyl carbamates (subject to hydrolysis) is 2. The molecule has 0 aromatic carbocycles. The van der Waals surface area contributed by atoms with E-state index in [2.05, 4.69) is 10.6 Å². The van der Waals surface area contributed by atoms with Crippen LogP contribution in [0.4, 0.5) is 22.8 Å². The van der Waals surface area contributed by atoms with E-state index in [0.29, 0.717) is 0 Å². The molecule has 0 saturated heterocycles. The summed E-state index contributed by atoms with van der Waals surface area (Å²) in [7, 11) is 0. The number of hydrogen-bond donors (Lipinski definition) is 3. The molecular weight excluding hydrogens is 379 g/mol. The van der Waals surface area contributed by atoms with Gasteiger partial charge in [-0.05, 0) is 67.3 Å². The minimum Gasteiger partial charge on any atom is -0.444 e. The van der Waals surface area contributed by atoms with Gasteiger partial charge >= 0.3 is 18.4 Å². The van der Waals surface area contributed by atoms with Crippen LogP contribution in [0.5, 0.6) is 0 Å². The molecule has 0 saturated carbocycles. The SMILES string of the molecule is C[C@@H](NC(=O)OC(C)(C)C)C(CN)CC(CC(F)(F)F)NC(=O)OC(C)(C)C. The fraction of sp³-hybridized carbons (Fsp3) is 0.889. The minimum atomic E-state index is -4.49. The maximum Gasteiger partial charge on any atom is 0.407 e. The van der Waals surface area contributed by atoms with Crippen molar-refractivity contribution in [2.45, 2.75) is 90.8 Å². The third-order valence-corrected chi connectivity index (χ3v) is 3.54. The van der Waals surface area contributed by atoms with Gasteiger partial charge in [0.2, 0.25) is 0 Å². The summed E-state index contributed by atoms with van der Waals surface area (Å²) in [5.74, 6) is -0.519. The Bertz CT molecular complexity index is 514. The number of carbonyl (C=O) groups is 2. The number of hydrogen-bond acceptors (Lipinski definition) is 5. The summed E-state index contributed by atoms with van der Waals surface area (Å²) in [5, 5.41) is 4.84. The lowest BCUT2D eigenvalue weighted by Gasteiger charge is -2.30. The van der Waals surface area contributed by atoms with Gasteiger partial charge in [0.05, 0.1) is 6.42 Å². The first-order chi connectivity index (χ1) is 12.4. The van der Waals surface area contributed by atoms with Gasteiger partial charge in [-0.3, -0.25) is 0 Å². The van der Waals surface area contributed by atoms with Crippen LogP contribution in [0, 0.1) is 5.92 Å². The van der Waals surface area contributed by atoms with E-state index in [1.165, 1.54) is 0 Å². The van der Waals surface area contributed by atoms with Gasteiger partial charge in [0.1, 0.15) is 11.2 Å². The normalized spacial score (nSPS) is 16.0. The van der Waals surface area contributed by atoms with E-state index in [4.69, 9.17) is 15.2 Å². The van der Waals surface area contributed by atoms with E-state index in [-0.39, 0.29) is 13.0 Å². The monoisotopic (exact) mass is 413 g/mol. The summed E-state index contributed by atoms with van der Waals surface area (Å²) >= 11 is 0. The van der Waals surface area contributed by atoms with Crippen LogP contribution in [-0.4, -0.2) is 48.2 Å². The van der Waals surface area contributed by atoms with E-state index in [1.807, 2.05) is 0 Å². The second-order valence-corrected chi connectivity index (χ2v) is 8.83. The third-order valence-electron chi connectivity index (χ3n) is 3.54. The second-order valence-electron chi connectivity index (χ2n) is 8.83. The molecule has 0 bridgehead atoms. The number of alkyl halides is 3. The third kappa shape index (κ3) is 13.5. The molecule has 0 rings (SSSR count). The minimum absolute atomic E-state index is 0.0152. The Morgan fingerprint density at radius 3 is 1.71 bits per heavy atom. The molecule has 3 atom stereocenters. The number of halogens is 3. The number of ether oxygens (including phenoxy) is 2. The Morgan fingerprint density at radius 2 is 1.36 bits per heavy atom. The molecular formula is C18H34F3N3O4. The van der Waals surface area contributed by atoms with Gasteiger partial charge in [0.25, 0.3) is 0 Å². The van der Waals surface area contributed by atoms with Crippen LogP contribution in [0.2, 0.25) is 0 Å². The van der Waals surface area contributed by atoms with Gasteiger partial charge in [0, 0.05) is 12.1 Å². The summed E-state index contributed by atoms with van der Waals surface area (Å²) in [4.78, 5) is 23.8. The fourth-order valence-electron chi connectivity index (χ4n) is 2.43. The van der Waals surface area contributed by atoms with Gasteiger partial charge in [-0.2, -0.15) is 13.2 Å². The number of carbonyl (C=O) groups excluding carboxylic acids is 2. The van der Waals surface area contributed by atoms with Crippen LogP contribution in [0.3, 0.4) is 0 Å². The number of nitrogens with two attached hydrogens (primary N) is 1.